The van der Waals surface area contributed by atoms with Gasteiger partial charge in [0.1, 0.15) is 0 Å². The minimum atomic E-state index is 0.697. The zero-order valence-electron chi connectivity index (χ0n) is 18.2. The Kier molecular flexibility index (Phi) is 11.6. The van der Waals surface area contributed by atoms with Crippen molar-refractivity contribution in [2.24, 2.45) is 5.73 Å². The van der Waals surface area contributed by atoms with Crippen molar-refractivity contribution in [1.82, 2.24) is 20.9 Å². The number of nitrogens with zero attached hydrogens (tertiary/aromatic N) is 1. The summed E-state index contributed by atoms with van der Waals surface area (Å²) in [6, 6.07) is 17.1. The molecule has 0 aliphatic carbocycles. The maximum Gasteiger partial charge on any atom is 0.0237 e. The molecule has 0 bridgehead atoms. The van der Waals surface area contributed by atoms with Gasteiger partial charge in [0.25, 0.3) is 0 Å². The minimum absolute atomic E-state index is 0.697. The fraction of sp³-hybridized carbons (Fsp3) is 0.500. The second-order valence-electron chi connectivity index (χ2n) is 7.59. The van der Waals surface area contributed by atoms with E-state index in [0.717, 1.165) is 58.9 Å². The summed E-state index contributed by atoms with van der Waals surface area (Å²) in [5.41, 5.74) is 11.3. The lowest BCUT2D eigenvalue weighted by Gasteiger charge is -2.23. The van der Waals surface area contributed by atoms with Crippen molar-refractivity contribution in [2.45, 2.75) is 26.9 Å². The lowest BCUT2D eigenvalue weighted by Crippen LogP contribution is -2.38. The number of hydrogen-bond donors (Lipinski definition) is 4. The van der Waals surface area contributed by atoms with Crippen molar-refractivity contribution in [1.29, 1.82) is 0 Å². The van der Waals surface area contributed by atoms with E-state index in [1.54, 1.807) is 0 Å². The first-order valence-corrected chi connectivity index (χ1v) is 10.8. The summed E-state index contributed by atoms with van der Waals surface area (Å²) in [6.45, 7) is 13.8. The van der Waals surface area contributed by atoms with Crippen LogP contribution in [0.15, 0.2) is 48.5 Å². The summed E-state index contributed by atoms with van der Waals surface area (Å²) in [5.74, 6) is 0. The molecule has 0 aliphatic heterocycles. The number of aryl methyl sites for hydroxylation is 2. The molecule has 0 aliphatic rings. The van der Waals surface area contributed by atoms with Crippen LogP contribution in [0.1, 0.15) is 22.3 Å². The third-order valence-electron chi connectivity index (χ3n) is 5.24. The molecule has 0 amide bonds. The smallest absolute Gasteiger partial charge is 0.0237 e. The molecule has 0 radical (unpaired) electrons. The molecule has 0 saturated heterocycles. The summed E-state index contributed by atoms with van der Waals surface area (Å²) in [7, 11) is 0. The molecular weight excluding hydrogens is 358 g/mol. The second kappa shape index (κ2) is 14.3. The van der Waals surface area contributed by atoms with Crippen LogP contribution in [0.4, 0.5) is 0 Å². The van der Waals surface area contributed by atoms with Crippen LogP contribution >= 0.6 is 0 Å². The zero-order chi connectivity index (χ0) is 20.7. The van der Waals surface area contributed by atoms with E-state index < -0.39 is 0 Å². The van der Waals surface area contributed by atoms with Crippen LogP contribution in [0, 0.1) is 13.8 Å². The molecule has 2 aromatic carbocycles. The van der Waals surface area contributed by atoms with Crippen LogP contribution in [0.5, 0.6) is 0 Å². The highest BCUT2D eigenvalue weighted by atomic mass is 15.1. The quantitative estimate of drug-likeness (QED) is 0.346. The molecule has 2 aromatic rings. The first-order valence-electron chi connectivity index (χ1n) is 10.8. The topological polar surface area (TPSA) is 65.3 Å². The number of hydrogen-bond acceptors (Lipinski definition) is 5. The number of nitrogens with one attached hydrogen (secondary N) is 3. The zero-order valence-corrected chi connectivity index (χ0v) is 18.2. The van der Waals surface area contributed by atoms with Crippen LogP contribution in [-0.2, 0) is 13.1 Å². The van der Waals surface area contributed by atoms with Gasteiger partial charge in [-0.25, -0.2) is 0 Å². The summed E-state index contributed by atoms with van der Waals surface area (Å²) in [5, 5.41) is 10.5. The van der Waals surface area contributed by atoms with E-state index in [9.17, 15) is 0 Å². The number of nitrogens with two attached hydrogens (primary N) is 1. The molecule has 0 unspecified atom stereocenters. The Morgan fingerprint density at radius 1 is 0.690 bits per heavy atom. The molecule has 0 spiro atoms. The predicted octanol–water partition coefficient (Wildman–Crippen LogP) is 2.03. The van der Waals surface area contributed by atoms with Crippen molar-refractivity contribution in [3.05, 3.63) is 70.8 Å². The highest BCUT2D eigenvalue weighted by molar-refractivity contribution is 5.26. The Morgan fingerprint density at radius 2 is 1.24 bits per heavy atom. The van der Waals surface area contributed by atoms with E-state index >= 15 is 0 Å². The summed E-state index contributed by atoms with van der Waals surface area (Å²) in [6.07, 6.45) is 0. The van der Waals surface area contributed by atoms with Crippen LogP contribution in [0.25, 0.3) is 0 Å². The molecule has 5 heteroatoms. The van der Waals surface area contributed by atoms with Gasteiger partial charge in [-0.1, -0.05) is 48.5 Å². The summed E-state index contributed by atoms with van der Waals surface area (Å²) < 4.78 is 0. The van der Waals surface area contributed by atoms with Gasteiger partial charge in [-0.05, 0) is 36.1 Å². The number of rotatable bonds is 15. The molecule has 29 heavy (non-hydrogen) atoms. The average Bonchev–Trinajstić information content (AvgIpc) is 2.72. The summed E-state index contributed by atoms with van der Waals surface area (Å²) >= 11 is 0. The van der Waals surface area contributed by atoms with Gasteiger partial charge in [0.2, 0.25) is 0 Å². The molecular formula is C24H39N5. The van der Waals surface area contributed by atoms with Crippen LogP contribution in [-0.4, -0.2) is 57.3 Å². The molecule has 0 saturated carbocycles. The van der Waals surface area contributed by atoms with Crippen LogP contribution in [0.3, 0.4) is 0 Å². The molecule has 0 aromatic heterocycles. The Balaban J connectivity index is 1.50. The van der Waals surface area contributed by atoms with E-state index in [1.165, 1.54) is 22.3 Å². The molecule has 5 nitrogen and oxygen atoms in total. The highest BCUT2D eigenvalue weighted by Gasteiger charge is 2.06. The molecule has 0 atom stereocenters. The van der Waals surface area contributed by atoms with Crippen molar-refractivity contribution >= 4 is 0 Å². The Hall–Kier alpha value is -1.76. The Bertz CT molecular complexity index is 688. The molecule has 2 rings (SSSR count). The van der Waals surface area contributed by atoms with E-state index in [2.05, 4.69) is 83.2 Å². The normalized spacial score (nSPS) is 11.3. The monoisotopic (exact) mass is 397 g/mol. The van der Waals surface area contributed by atoms with Gasteiger partial charge in [0.05, 0.1) is 0 Å². The first kappa shape index (κ1) is 23.5. The van der Waals surface area contributed by atoms with Crippen molar-refractivity contribution in [3.8, 4) is 0 Å². The lowest BCUT2D eigenvalue weighted by atomic mass is 10.1. The molecule has 5 N–H and O–H groups in total. The van der Waals surface area contributed by atoms with Gasteiger partial charge in [0.15, 0.2) is 0 Å². The molecule has 0 fully saturated rings. The fourth-order valence-corrected chi connectivity index (χ4v) is 3.35. The fourth-order valence-electron chi connectivity index (χ4n) is 3.35. The van der Waals surface area contributed by atoms with Crippen molar-refractivity contribution < 1.29 is 0 Å². The van der Waals surface area contributed by atoms with Gasteiger partial charge in [-0.3, -0.25) is 4.90 Å². The van der Waals surface area contributed by atoms with Gasteiger partial charge < -0.3 is 21.7 Å². The van der Waals surface area contributed by atoms with Gasteiger partial charge in [-0.2, -0.15) is 0 Å². The summed E-state index contributed by atoms with van der Waals surface area (Å²) in [4.78, 5) is 2.43. The highest BCUT2D eigenvalue weighted by Crippen LogP contribution is 2.10. The van der Waals surface area contributed by atoms with E-state index in [-0.39, 0.29) is 0 Å². The third kappa shape index (κ3) is 9.52. The maximum atomic E-state index is 5.80. The average molecular weight is 398 g/mol. The molecule has 0 heterocycles. The Labute approximate surface area is 177 Å². The second-order valence-corrected chi connectivity index (χ2v) is 7.59. The standard InChI is InChI=1S/C24H39N5/c1-21-7-3-5-9-23(21)19-28-15-14-26-12-13-27-16-18-29(17-11-25)20-24-10-6-4-8-22(24)2/h3-10,26-28H,11-20,25H2,1-2H3. The lowest BCUT2D eigenvalue weighted by molar-refractivity contribution is 0.272. The third-order valence-corrected chi connectivity index (χ3v) is 5.24. The molecule has 160 valence electrons. The van der Waals surface area contributed by atoms with Crippen molar-refractivity contribution in [2.75, 3.05) is 52.4 Å². The minimum Gasteiger partial charge on any atom is -0.329 e. The SMILES string of the molecule is Cc1ccccc1CNCCNCCNCCN(CCN)Cc1ccccc1C. The van der Waals surface area contributed by atoms with Gasteiger partial charge >= 0.3 is 0 Å². The van der Waals surface area contributed by atoms with Crippen LogP contribution < -0.4 is 21.7 Å². The maximum absolute atomic E-state index is 5.80. The largest absolute Gasteiger partial charge is 0.329 e. The van der Waals surface area contributed by atoms with E-state index in [1.807, 2.05) is 0 Å². The van der Waals surface area contributed by atoms with Gasteiger partial charge in [0, 0.05) is 65.4 Å². The van der Waals surface area contributed by atoms with Crippen molar-refractivity contribution in [3.63, 3.8) is 0 Å². The van der Waals surface area contributed by atoms with Crippen LogP contribution in [0.2, 0.25) is 0 Å². The number of benzene rings is 2. The Morgan fingerprint density at radius 3 is 1.86 bits per heavy atom. The van der Waals surface area contributed by atoms with E-state index in [0.29, 0.717) is 6.54 Å². The van der Waals surface area contributed by atoms with Gasteiger partial charge in [-0.15, -0.1) is 0 Å². The predicted molar refractivity (Wildman–Crippen MR) is 124 cm³/mol. The first-order chi connectivity index (χ1) is 14.2. The van der Waals surface area contributed by atoms with E-state index in [4.69, 9.17) is 5.73 Å².